The zero-order valence-corrected chi connectivity index (χ0v) is 12.4. The van der Waals surface area contributed by atoms with Crippen LogP contribution in [0.3, 0.4) is 0 Å². The van der Waals surface area contributed by atoms with Gasteiger partial charge in [-0.2, -0.15) is 0 Å². The second-order valence-corrected chi connectivity index (χ2v) is 6.05. The third kappa shape index (κ3) is 3.00. The molecule has 0 saturated heterocycles. The number of anilines is 1. The molecule has 0 aliphatic carbocycles. The van der Waals surface area contributed by atoms with Crippen LogP contribution >= 0.6 is 15.9 Å². The van der Waals surface area contributed by atoms with Gasteiger partial charge in [0, 0.05) is 5.41 Å². The van der Waals surface area contributed by atoms with Gasteiger partial charge in [0.25, 0.3) is 0 Å². The molecule has 0 aliphatic heterocycles. The molecule has 0 saturated carbocycles. The minimum Gasteiger partial charge on any atom is -0.506 e. The highest BCUT2D eigenvalue weighted by Crippen LogP contribution is 2.37. The lowest BCUT2D eigenvalue weighted by Crippen LogP contribution is -2.28. The Labute approximate surface area is 110 Å². The fraction of sp³-hybridized carbons (Fsp3) is 0.462. The van der Waals surface area contributed by atoms with Gasteiger partial charge in [-0.1, -0.05) is 26.8 Å². The second-order valence-electron chi connectivity index (χ2n) is 5.25. The van der Waals surface area contributed by atoms with E-state index in [-0.39, 0.29) is 11.7 Å². The minimum atomic E-state index is -0.466. The van der Waals surface area contributed by atoms with Crippen LogP contribution in [-0.2, 0) is 4.79 Å². The number of aryl methyl sites for hydroxylation is 2. The van der Waals surface area contributed by atoms with Gasteiger partial charge in [-0.3, -0.25) is 4.79 Å². The highest BCUT2D eigenvalue weighted by Gasteiger charge is 2.23. The molecule has 1 rings (SSSR count). The molecule has 1 amide bonds. The maximum Gasteiger partial charge on any atom is 0.229 e. The van der Waals surface area contributed by atoms with Gasteiger partial charge in [-0.15, -0.1) is 0 Å². The Morgan fingerprint density at radius 2 is 1.82 bits per heavy atom. The van der Waals surface area contributed by atoms with Gasteiger partial charge < -0.3 is 10.4 Å². The molecule has 0 radical (unpaired) electrons. The Hall–Kier alpha value is -1.03. The molecule has 4 heteroatoms. The number of phenols is 1. The quantitative estimate of drug-likeness (QED) is 0.829. The fourth-order valence-corrected chi connectivity index (χ4v) is 2.11. The van der Waals surface area contributed by atoms with Crippen LogP contribution in [0.5, 0.6) is 5.75 Å². The average Bonchev–Trinajstić information content (AvgIpc) is 2.19. The Bertz CT molecular complexity index is 461. The zero-order chi connectivity index (χ0) is 13.4. The summed E-state index contributed by atoms with van der Waals surface area (Å²) in [6.07, 6.45) is 0. The number of benzene rings is 1. The summed E-state index contributed by atoms with van der Waals surface area (Å²) in [5.74, 6) is 0.0874. The summed E-state index contributed by atoms with van der Waals surface area (Å²) >= 11 is 3.31. The first kappa shape index (κ1) is 14.0. The van der Waals surface area contributed by atoms with Crippen molar-refractivity contribution in [2.45, 2.75) is 34.6 Å². The molecule has 0 bridgehead atoms. The van der Waals surface area contributed by atoms with E-state index in [1.54, 1.807) is 0 Å². The first-order chi connectivity index (χ1) is 7.64. The van der Waals surface area contributed by atoms with Gasteiger partial charge in [0.15, 0.2) is 0 Å². The maximum absolute atomic E-state index is 11.9. The van der Waals surface area contributed by atoms with E-state index in [4.69, 9.17) is 0 Å². The van der Waals surface area contributed by atoms with Crippen molar-refractivity contribution in [3.05, 3.63) is 21.7 Å². The van der Waals surface area contributed by atoms with E-state index in [0.717, 1.165) is 11.1 Å². The number of phenolic OH excluding ortho intramolecular Hbond substituents is 1. The Morgan fingerprint density at radius 3 is 2.29 bits per heavy atom. The normalized spacial score (nSPS) is 11.4. The number of hydrogen-bond donors (Lipinski definition) is 2. The van der Waals surface area contributed by atoms with Gasteiger partial charge in [0.1, 0.15) is 5.75 Å². The topological polar surface area (TPSA) is 49.3 Å². The molecule has 0 spiro atoms. The maximum atomic E-state index is 11.9. The molecule has 94 valence electrons. The van der Waals surface area contributed by atoms with E-state index in [2.05, 4.69) is 21.2 Å². The van der Waals surface area contributed by atoms with Gasteiger partial charge >= 0.3 is 0 Å². The standard InChI is InChI=1S/C13H18BrNO2/c1-7-6-8(2)11(16)9(14)10(7)15-12(17)13(3,4)5/h6,16H,1-5H3,(H,15,17). The summed E-state index contributed by atoms with van der Waals surface area (Å²) in [7, 11) is 0. The van der Waals surface area contributed by atoms with E-state index in [1.807, 2.05) is 40.7 Å². The summed E-state index contributed by atoms with van der Waals surface area (Å²) in [6.45, 7) is 9.26. The number of carbonyl (C=O) groups excluding carboxylic acids is 1. The molecule has 1 aromatic rings. The van der Waals surface area contributed by atoms with Crippen LogP contribution in [0.1, 0.15) is 31.9 Å². The number of rotatable bonds is 1. The van der Waals surface area contributed by atoms with Crippen molar-refractivity contribution in [1.29, 1.82) is 0 Å². The third-order valence-corrected chi connectivity index (χ3v) is 3.32. The van der Waals surface area contributed by atoms with Crippen molar-refractivity contribution in [2.24, 2.45) is 5.41 Å². The Balaban J connectivity index is 3.17. The van der Waals surface area contributed by atoms with Crippen molar-refractivity contribution >= 4 is 27.5 Å². The molecule has 3 nitrogen and oxygen atoms in total. The molecule has 0 atom stereocenters. The molecular weight excluding hydrogens is 282 g/mol. The molecule has 17 heavy (non-hydrogen) atoms. The van der Waals surface area contributed by atoms with Crippen molar-refractivity contribution < 1.29 is 9.90 Å². The number of amides is 1. The summed E-state index contributed by atoms with van der Waals surface area (Å²) in [5.41, 5.74) is 1.87. The monoisotopic (exact) mass is 299 g/mol. The van der Waals surface area contributed by atoms with Gasteiger partial charge in [0.05, 0.1) is 10.2 Å². The lowest BCUT2D eigenvalue weighted by molar-refractivity contribution is -0.123. The van der Waals surface area contributed by atoms with Crippen LogP contribution in [-0.4, -0.2) is 11.0 Å². The zero-order valence-electron chi connectivity index (χ0n) is 10.8. The lowest BCUT2D eigenvalue weighted by atomic mass is 9.95. The van der Waals surface area contributed by atoms with Crippen molar-refractivity contribution in [3.63, 3.8) is 0 Å². The Morgan fingerprint density at radius 1 is 1.29 bits per heavy atom. The summed E-state index contributed by atoms with van der Waals surface area (Å²) in [5, 5.41) is 12.7. The number of carbonyl (C=O) groups is 1. The van der Waals surface area contributed by atoms with Crippen LogP contribution in [0.4, 0.5) is 5.69 Å². The highest BCUT2D eigenvalue weighted by molar-refractivity contribution is 9.10. The van der Waals surface area contributed by atoms with Gasteiger partial charge in [-0.05, 0) is 40.9 Å². The molecule has 1 aromatic carbocycles. The molecule has 2 N–H and O–H groups in total. The molecule has 0 aliphatic rings. The summed E-state index contributed by atoms with van der Waals surface area (Å²) < 4.78 is 0.535. The second kappa shape index (κ2) is 4.69. The predicted molar refractivity (Wildman–Crippen MR) is 73.4 cm³/mol. The van der Waals surface area contributed by atoms with Crippen molar-refractivity contribution in [2.75, 3.05) is 5.32 Å². The van der Waals surface area contributed by atoms with Gasteiger partial charge in [-0.25, -0.2) is 0 Å². The van der Waals surface area contributed by atoms with Crippen LogP contribution in [0.25, 0.3) is 0 Å². The summed E-state index contributed by atoms with van der Waals surface area (Å²) in [6, 6.07) is 1.85. The molecule has 0 unspecified atom stereocenters. The van der Waals surface area contributed by atoms with Crippen LogP contribution in [0.15, 0.2) is 10.5 Å². The first-order valence-electron chi connectivity index (χ1n) is 5.44. The number of halogens is 1. The van der Waals surface area contributed by atoms with E-state index in [0.29, 0.717) is 10.2 Å². The lowest BCUT2D eigenvalue weighted by Gasteiger charge is -2.20. The minimum absolute atomic E-state index is 0.0791. The van der Waals surface area contributed by atoms with E-state index >= 15 is 0 Å². The fourth-order valence-electron chi connectivity index (χ4n) is 1.38. The predicted octanol–water partition coefficient (Wildman–Crippen LogP) is 3.76. The summed E-state index contributed by atoms with van der Waals surface area (Å²) in [4.78, 5) is 11.9. The molecular formula is C13H18BrNO2. The molecule has 0 aromatic heterocycles. The highest BCUT2D eigenvalue weighted by atomic mass is 79.9. The average molecular weight is 300 g/mol. The molecule has 0 fully saturated rings. The molecule has 0 heterocycles. The first-order valence-corrected chi connectivity index (χ1v) is 6.24. The van der Waals surface area contributed by atoms with Crippen molar-refractivity contribution in [1.82, 2.24) is 0 Å². The Kier molecular flexibility index (Phi) is 3.87. The number of hydrogen-bond acceptors (Lipinski definition) is 2. The van der Waals surface area contributed by atoms with Gasteiger partial charge in [0.2, 0.25) is 5.91 Å². The van der Waals surface area contributed by atoms with E-state index < -0.39 is 5.41 Å². The third-order valence-electron chi connectivity index (χ3n) is 2.55. The largest absolute Gasteiger partial charge is 0.506 e. The SMILES string of the molecule is Cc1cc(C)c(NC(=O)C(C)(C)C)c(Br)c1O. The van der Waals surface area contributed by atoms with E-state index in [1.165, 1.54) is 0 Å². The van der Waals surface area contributed by atoms with Crippen molar-refractivity contribution in [3.8, 4) is 5.75 Å². The van der Waals surface area contributed by atoms with Crippen LogP contribution < -0.4 is 5.32 Å². The van der Waals surface area contributed by atoms with E-state index in [9.17, 15) is 9.90 Å². The smallest absolute Gasteiger partial charge is 0.229 e. The van der Waals surface area contributed by atoms with Crippen LogP contribution in [0.2, 0.25) is 0 Å². The number of aromatic hydroxyl groups is 1. The van der Waals surface area contributed by atoms with Crippen LogP contribution in [0, 0.1) is 19.3 Å². The number of nitrogens with one attached hydrogen (secondary N) is 1.